The van der Waals surface area contributed by atoms with Crippen molar-refractivity contribution in [3.05, 3.63) is 59.2 Å². The van der Waals surface area contributed by atoms with Gasteiger partial charge in [0.2, 0.25) is 0 Å². The molecule has 1 unspecified atom stereocenters. The van der Waals surface area contributed by atoms with Crippen molar-refractivity contribution in [1.82, 2.24) is 0 Å². The van der Waals surface area contributed by atoms with E-state index in [1.165, 1.54) is 0 Å². The minimum absolute atomic E-state index is 0.252. The van der Waals surface area contributed by atoms with E-state index in [4.69, 9.17) is 10.00 Å². The van der Waals surface area contributed by atoms with Gasteiger partial charge in [0.05, 0.1) is 11.6 Å². The molecule has 0 bridgehead atoms. The Labute approximate surface area is 130 Å². The smallest absolute Gasteiger partial charge is 0.265 e. The van der Waals surface area contributed by atoms with Crippen LogP contribution in [0.3, 0.4) is 0 Å². The Morgan fingerprint density at radius 1 is 1.18 bits per heavy atom. The van der Waals surface area contributed by atoms with Gasteiger partial charge in [0, 0.05) is 5.69 Å². The van der Waals surface area contributed by atoms with Crippen LogP contribution in [-0.2, 0) is 4.79 Å². The molecule has 1 amide bonds. The van der Waals surface area contributed by atoms with Crippen molar-refractivity contribution >= 4 is 11.6 Å². The van der Waals surface area contributed by atoms with Crippen LogP contribution in [0.1, 0.15) is 23.6 Å². The molecule has 0 saturated carbocycles. The minimum Gasteiger partial charge on any atom is -0.480 e. The highest BCUT2D eigenvalue weighted by Gasteiger charge is 2.17. The number of nitrogens with zero attached hydrogens (tertiary/aromatic N) is 1. The van der Waals surface area contributed by atoms with E-state index >= 15 is 0 Å². The van der Waals surface area contributed by atoms with Gasteiger partial charge in [0.15, 0.2) is 6.10 Å². The maximum absolute atomic E-state index is 12.2. The molecule has 4 heteroatoms. The van der Waals surface area contributed by atoms with Crippen molar-refractivity contribution in [2.24, 2.45) is 0 Å². The molecular weight excluding hydrogens is 276 g/mol. The number of ether oxygens (including phenoxy) is 1. The third-order valence-corrected chi connectivity index (χ3v) is 3.33. The first-order valence-corrected chi connectivity index (χ1v) is 7.05. The second-order valence-electron chi connectivity index (χ2n) is 5.16. The van der Waals surface area contributed by atoms with Crippen molar-refractivity contribution in [1.29, 1.82) is 5.26 Å². The lowest BCUT2D eigenvalue weighted by Crippen LogP contribution is -2.30. The molecule has 0 heterocycles. The number of anilines is 1. The Morgan fingerprint density at radius 2 is 1.82 bits per heavy atom. The number of amides is 1. The van der Waals surface area contributed by atoms with E-state index in [1.54, 1.807) is 31.2 Å². The number of carbonyl (C=O) groups is 1. The van der Waals surface area contributed by atoms with Gasteiger partial charge in [-0.25, -0.2) is 0 Å². The summed E-state index contributed by atoms with van der Waals surface area (Å²) in [5.74, 6) is 0.480. The lowest BCUT2D eigenvalue weighted by Gasteiger charge is -2.18. The van der Waals surface area contributed by atoms with Gasteiger partial charge >= 0.3 is 0 Å². The molecule has 0 aliphatic carbocycles. The monoisotopic (exact) mass is 294 g/mol. The number of nitriles is 1. The quantitative estimate of drug-likeness (QED) is 0.937. The van der Waals surface area contributed by atoms with Gasteiger partial charge in [-0.05, 0) is 50.1 Å². The van der Waals surface area contributed by atoms with Crippen LogP contribution < -0.4 is 10.1 Å². The lowest BCUT2D eigenvalue weighted by atomic mass is 10.1. The van der Waals surface area contributed by atoms with Gasteiger partial charge in [-0.2, -0.15) is 5.26 Å². The van der Waals surface area contributed by atoms with Crippen LogP contribution in [-0.4, -0.2) is 12.0 Å². The highest BCUT2D eigenvalue weighted by Crippen LogP contribution is 2.23. The summed E-state index contributed by atoms with van der Waals surface area (Å²) >= 11 is 0. The van der Waals surface area contributed by atoms with E-state index in [0.29, 0.717) is 11.3 Å². The molecule has 2 aromatic rings. The summed E-state index contributed by atoms with van der Waals surface area (Å²) < 4.78 is 5.79. The van der Waals surface area contributed by atoms with E-state index in [2.05, 4.69) is 5.32 Å². The summed E-state index contributed by atoms with van der Waals surface area (Å²) in [6, 6.07) is 14.7. The van der Waals surface area contributed by atoms with Gasteiger partial charge < -0.3 is 10.1 Å². The maximum Gasteiger partial charge on any atom is 0.265 e. The van der Waals surface area contributed by atoms with Crippen molar-refractivity contribution < 1.29 is 9.53 Å². The standard InChI is InChI=1S/C18H18N2O2/c1-12-6-4-7-13(2)17(12)22-14(3)18(21)20-16-9-5-8-15(10-16)11-19/h4-10,14H,1-3H3,(H,20,21). The van der Waals surface area contributed by atoms with Crippen LogP contribution in [0.25, 0.3) is 0 Å². The average Bonchev–Trinajstić information content (AvgIpc) is 2.51. The average molecular weight is 294 g/mol. The second-order valence-corrected chi connectivity index (χ2v) is 5.16. The molecule has 0 fully saturated rings. The Kier molecular flexibility index (Phi) is 4.80. The van der Waals surface area contributed by atoms with E-state index in [0.717, 1.165) is 16.9 Å². The number of nitrogens with one attached hydrogen (secondary N) is 1. The fraction of sp³-hybridized carbons (Fsp3) is 0.222. The minimum atomic E-state index is -0.634. The summed E-state index contributed by atoms with van der Waals surface area (Å²) in [5, 5.41) is 11.6. The number of hydrogen-bond acceptors (Lipinski definition) is 3. The molecule has 0 aliphatic rings. The molecule has 0 aliphatic heterocycles. The van der Waals surface area contributed by atoms with Gasteiger partial charge in [-0.15, -0.1) is 0 Å². The first kappa shape index (κ1) is 15.6. The van der Waals surface area contributed by atoms with Crippen LogP contribution >= 0.6 is 0 Å². The molecule has 0 saturated heterocycles. The van der Waals surface area contributed by atoms with Crippen LogP contribution in [0.5, 0.6) is 5.75 Å². The molecule has 2 rings (SSSR count). The molecule has 112 valence electrons. The number of aryl methyl sites for hydroxylation is 2. The van der Waals surface area contributed by atoms with Gasteiger partial charge in [0.25, 0.3) is 5.91 Å². The SMILES string of the molecule is Cc1cccc(C)c1OC(C)C(=O)Nc1cccc(C#N)c1. The molecular formula is C18H18N2O2. The van der Waals surface area contributed by atoms with Crippen molar-refractivity contribution in [3.8, 4) is 11.8 Å². The molecule has 0 spiro atoms. The zero-order valence-electron chi connectivity index (χ0n) is 12.9. The second kappa shape index (κ2) is 6.77. The topological polar surface area (TPSA) is 62.1 Å². The Bertz CT molecular complexity index is 712. The van der Waals surface area contributed by atoms with Gasteiger partial charge in [0.1, 0.15) is 5.75 Å². The predicted molar refractivity (Wildman–Crippen MR) is 85.8 cm³/mol. The van der Waals surface area contributed by atoms with Gasteiger partial charge in [-0.1, -0.05) is 24.3 Å². The number of benzene rings is 2. The fourth-order valence-electron chi connectivity index (χ4n) is 2.13. The van der Waals surface area contributed by atoms with Crippen LogP contribution in [0.2, 0.25) is 0 Å². The zero-order chi connectivity index (χ0) is 16.1. The first-order valence-electron chi connectivity index (χ1n) is 7.05. The largest absolute Gasteiger partial charge is 0.480 e. The van der Waals surface area contributed by atoms with Crippen LogP contribution in [0.4, 0.5) is 5.69 Å². The molecule has 0 radical (unpaired) electrons. The summed E-state index contributed by atoms with van der Waals surface area (Å²) in [7, 11) is 0. The third kappa shape index (κ3) is 3.64. The molecule has 2 aromatic carbocycles. The van der Waals surface area contributed by atoms with Crippen LogP contribution in [0.15, 0.2) is 42.5 Å². The third-order valence-electron chi connectivity index (χ3n) is 3.33. The van der Waals surface area contributed by atoms with Crippen LogP contribution in [0, 0.1) is 25.2 Å². The number of para-hydroxylation sites is 1. The summed E-state index contributed by atoms with van der Waals surface area (Å²) in [5.41, 5.74) is 3.07. The Morgan fingerprint density at radius 3 is 2.45 bits per heavy atom. The summed E-state index contributed by atoms with van der Waals surface area (Å²) in [6.07, 6.45) is -0.634. The van der Waals surface area contributed by atoms with E-state index in [9.17, 15) is 4.79 Å². The molecule has 22 heavy (non-hydrogen) atoms. The van der Waals surface area contributed by atoms with E-state index < -0.39 is 6.10 Å². The number of hydrogen-bond donors (Lipinski definition) is 1. The molecule has 1 atom stereocenters. The lowest BCUT2D eigenvalue weighted by molar-refractivity contribution is -0.122. The number of rotatable bonds is 4. The van der Waals surface area contributed by atoms with Crippen molar-refractivity contribution in [3.63, 3.8) is 0 Å². The van der Waals surface area contributed by atoms with Gasteiger partial charge in [-0.3, -0.25) is 4.79 Å². The van der Waals surface area contributed by atoms with E-state index in [-0.39, 0.29) is 5.91 Å². The Balaban J connectivity index is 2.08. The predicted octanol–water partition coefficient (Wildman–Crippen LogP) is 3.58. The first-order chi connectivity index (χ1) is 10.5. The highest BCUT2D eigenvalue weighted by molar-refractivity contribution is 5.94. The van der Waals surface area contributed by atoms with Crippen molar-refractivity contribution in [2.75, 3.05) is 5.32 Å². The summed E-state index contributed by atoms with van der Waals surface area (Å²) in [6.45, 7) is 5.60. The zero-order valence-corrected chi connectivity index (χ0v) is 12.9. The highest BCUT2D eigenvalue weighted by atomic mass is 16.5. The molecule has 0 aromatic heterocycles. The van der Waals surface area contributed by atoms with E-state index in [1.807, 2.05) is 38.1 Å². The molecule has 1 N–H and O–H groups in total. The Hall–Kier alpha value is -2.80. The summed E-state index contributed by atoms with van der Waals surface area (Å²) in [4.78, 5) is 12.2. The molecule has 4 nitrogen and oxygen atoms in total. The maximum atomic E-state index is 12.2. The number of carbonyl (C=O) groups excluding carboxylic acids is 1. The fourth-order valence-corrected chi connectivity index (χ4v) is 2.13. The van der Waals surface area contributed by atoms with Crippen molar-refractivity contribution in [2.45, 2.75) is 26.9 Å². The normalized spacial score (nSPS) is 11.4.